The molecule has 5 nitrogen and oxygen atoms in total. The Kier molecular flexibility index (Phi) is 6.26. The predicted octanol–water partition coefficient (Wildman–Crippen LogP) is 3.85. The lowest BCUT2D eigenvalue weighted by molar-refractivity contribution is 0.261. The number of aliphatic hydroxyl groups is 1. The number of rotatable bonds is 6. The van der Waals surface area contributed by atoms with Crippen LogP contribution in [0.5, 0.6) is 5.75 Å². The van der Waals surface area contributed by atoms with Crippen LogP contribution in [0.25, 0.3) is 0 Å². The van der Waals surface area contributed by atoms with E-state index in [1.165, 1.54) is 0 Å². The summed E-state index contributed by atoms with van der Waals surface area (Å²) in [6.45, 7) is 13.5. The van der Waals surface area contributed by atoms with E-state index < -0.39 is 8.32 Å². The van der Waals surface area contributed by atoms with Gasteiger partial charge in [-0.15, -0.1) is 0 Å². The number of piperidine rings is 1. The fraction of sp³-hybridized carbons (Fsp3) is 0.778. The summed E-state index contributed by atoms with van der Waals surface area (Å²) in [6, 6.07) is 0. The predicted molar refractivity (Wildman–Crippen MR) is 101 cm³/mol. The van der Waals surface area contributed by atoms with E-state index in [4.69, 9.17) is 9.53 Å². The normalized spacial score (nSPS) is 17.2. The molecule has 24 heavy (non-hydrogen) atoms. The summed E-state index contributed by atoms with van der Waals surface area (Å²) in [6.07, 6.45) is 8.00. The van der Waals surface area contributed by atoms with E-state index in [1.807, 2.05) is 12.4 Å². The minimum atomic E-state index is -1.84. The molecule has 2 rings (SSSR count). The van der Waals surface area contributed by atoms with Crippen molar-refractivity contribution in [1.29, 1.82) is 0 Å². The Balaban J connectivity index is 1.91. The Bertz CT molecular complexity index is 506. The highest BCUT2D eigenvalue weighted by Gasteiger charge is 2.39. The number of hydrogen-bond acceptors (Lipinski definition) is 5. The van der Waals surface area contributed by atoms with Crippen LogP contribution >= 0.6 is 0 Å². The van der Waals surface area contributed by atoms with Crippen LogP contribution in [0.2, 0.25) is 18.1 Å². The van der Waals surface area contributed by atoms with Gasteiger partial charge in [-0.2, -0.15) is 0 Å². The van der Waals surface area contributed by atoms with Crippen molar-refractivity contribution in [1.82, 2.24) is 9.97 Å². The molecular weight excluding hydrogens is 318 g/mol. The van der Waals surface area contributed by atoms with Crippen LogP contribution in [-0.2, 0) is 0 Å². The van der Waals surface area contributed by atoms with Crippen molar-refractivity contribution < 1.29 is 9.53 Å². The molecule has 1 fully saturated rings. The van der Waals surface area contributed by atoms with Crippen molar-refractivity contribution in [2.45, 2.75) is 64.6 Å². The highest BCUT2D eigenvalue weighted by atomic mass is 28.4. The van der Waals surface area contributed by atoms with Gasteiger partial charge in [0.1, 0.15) is 5.75 Å². The minimum absolute atomic E-state index is 0.169. The zero-order valence-corrected chi connectivity index (χ0v) is 16.9. The van der Waals surface area contributed by atoms with E-state index in [1.54, 1.807) is 0 Å². The summed E-state index contributed by atoms with van der Waals surface area (Å²) in [4.78, 5) is 11.3. The Morgan fingerprint density at radius 1 is 1.21 bits per heavy atom. The molecule has 1 aromatic heterocycles. The highest BCUT2D eigenvalue weighted by molar-refractivity contribution is 6.74. The third kappa shape index (κ3) is 4.93. The quantitative estimate of drug-likeness (QED) is 0.789. The van der Waals surface area contributed by atoms with E-state index in [0.29, 0.717) is 6.61 Å². The van der Waals surface area contributed by atoms with Gasteiger partial charge in [0, 0.05) is 19.7 Å². The first kappa shape index (κ1) is 19.2. The van der Waals surface area contributed by atoms with Gasteiger partial charge < -0.3 is 14.4 Å². The van der Waals surface area contributed by atoms with Gasteiger partial charge in [-0.05, 0) is 49.7 Å². The Morgan fingerprint density at radius 2 is 1.79 bits per heavy atom. The summed E-state index contributed by atoms with van der Waals surface area (Å²) < 4.78 is 6.24. The zero-order valence-electron chi connectivity index (χ0n) is 15.9. The van der Waals surface area contributed by atoms with Gasteiger partial charge in [-0.3, -0.25) is 0 Å². The van der Waals surface area contributed by atoms with Crippen LogP contribution in [0, 0.1) is 5.92 Å². The van der Waals surface area contributed by atoms with Crippen LogP contribution in [0.1, 0.15) is 46.5 Å². The van der Waals surface area contributed by atoms with E-state index in [-0.39, 0.29) is 5.04 Å². The van der Waals surface area contributed by atoms with Crippen molar-refractivity contribution in [2.75, 3.05) is 24.6 Å². The van der Waals surface area contributed by atoms with Crippen LogP contribution in [0.4, 0.5) is 5.95 Å². The van der Waals surface area contributed by atoms with Gasteiger partial charge in [-0.25, -0.2) is 9.97 Å². The third-order valence-electron chi connectivity index (χ3n) is 5.46. The lowest BCUT2D eigenvalue weighted by atomic mass is 9.92. The Labute approximate surface area is 147 Å². The molecule has 0 radical (unpaired) electrons. The first-order valence-corrected chi connectivity index (χ1v) is 12.0. The number of aliphatic hydroxyl groups excluding tert-OH is 1. The molecule has 0 saturated carbocycles. The number of nitrogens with zero attached hydrogens (tertiary/aromatic N) is 3. The summed E-state index contributed by atoms with van der Waals surface area (Å²) in [5.41, 5.74) is 0. The molecule has 1 N–H and O–H groups in total. The second-order valence-corrected chi connectivity index (χ2v) is 13.1. The lowest BCUT2D eigenvalue weighted by Crippen LogP contribution is -2.44. The number of aromatic nitrogens is 2. The monoisotopic (exact) mass is 351 g/mol. The largest absolute Gasteiger partial charge is 0.541 e. The molecule has 0 aliphatic carbocycles. The minimum Gasteiger partial charge on any atom is -0.541 e. The third-order valence-corrected chi connectivity index (χ3v) is 9.82. The smallest absolute Gasteiger partial charge is 0.250 e. The molecule has 0 unspecified atom stereocenters. The molecule has 2 heterocycles. The SMILES string of the molecule is CC(C)(C)[Si](C)(C)Oc1cnc(N2CCC(CCCO)CC2)nc1. The van der Waals surface area contributed by atoms with Crippen molar-refractivity contribution in [3.05, 3.63) is 12.4 Å². The van der Waals surface area contributed by atoms with Crippen LogP contribution in [-0.4, -0.2) is 43.1 Å². The first-order chi connectivity index (χ1) is 11.2. The van der Waals surface area contributed by atoms with Gasteiger partial charge in [0.05, 0.1) is 12.4 Å². The van der Waals surface area contributed by atoms with Gasteiger partial charge in [0.2, 0.25) is 5.95 Å². The van der Waals surface area contributed by atoms with Crippen LogP contribution in [0.15, 0.2) is 12.4 Å². The molecule has 0 spiro atoms. The van der Waals surface area contributed by atoms with Crippen LogP contribution in [0.3, 0.4) is 0 Å². The van der Waals surface area contributed by atoms with E-state index in [9.17, 15) is 0 Å². The van der Waals surface area contributed by atoms with Crippen LogP contribution < -0.4 is 9.33 Å². The zero-order chi connectivity index (χ0) is 17.8. The molecule has 0 atom stereocenters. The molecule has 6 heteroatoms. The molecule has 0 amide bonds. The summed E-state index contributed by atoms with van der Waals surface area (Å²) in [5, 5.41) is 9.11. The maximum Gasteiger partial charge on any atom is 0.250 e. The average Bonchev–Trinajstić information content (AvgIpc) is 2.53. The number of hydrogen-bond donors (Lipinski definition) is 1. The van der Waals surface area contributed by atoms with Crippen molar-refractivity contribution in [3.8, 4) is 5.75 Å². The first-order valence-electron chi connectivity index (χ1n) is 9.10. The standard InChI is InChI=1S/C18H33N3O2Si/c1-18(2,3)24(4,5)23-16-13-19-17(20-14-16)21-10-8-15(9-11-21)7-6-12-22/h13-15,22H,6-12H2,1-5H3. The molecule has 0 aromatic carbocycles. The number of anilines is 1. The average molecular weight is 352 g/mol. The van der Waals surface area contributed by atoms with Crippen molar-refractivity contribution >= 4 is 14.3 Å². The van der Waals surface area contributed by atoms with E-state index in [0.717, 1.165) is 56.4 Å². The maximum absolute atomic E-state index is 8.94. The molecule has 0 bridgehead atoms. The van der Waals surface area contributed by atoms with Gasteiger partial charge in [-0.1, -0.05) is 20.8 Å². The Hall–Kier alpha value is -1.14. The van der Waals surface area contributed by atoms with Gasteiger partial charge in [0.15, 0.2) is 0 Å². The fourth-order valence-electron chi connectivity index (χ4n) is 2.77. The molecule has 136 valence electrons. The lowest BCUT2D eigenvalue weighted by Gasteiger charge is -2.36. The summed E-state index contributed by atoms with van der Waals surface area (Å²) in [5.74, 6) is 2.32. The Morgan fingerprint density at radius 3 is 2.29 bits per heavy atom. The second-order valence-electron chi connectivity index (χ2n) is 8.38. The molecular formula is C18H33N3O2Si. The second kappa shape index (κ2) is 7.83. The van der Waals surface area contributed by atoms with E-state index in [2.05, 4.69) is 48.7 Å². The van der Waals surface area contributed by atoms with Gasteiger partial charge >= 0.3 is 0 Å². The van der Waals surface area contributed by atoms with Crippen molar-refractivity contribution in [3.63, 3.8) is 0 Å². The summed E-state index contributed by atoms with van der Waals surface area (Å²) in [7, 11) is -1.84. The maximum atomic E-state index is 8.94. The molecule has 1 aliphatic heterocycles. The summed E-state index contributed by atoms with van der Waals surface area (Å²) >= 11 is 0. The fourth-order valence-corrected chi connectivity index (χ4v) is 3.78. The van der Waals surface area contributed by atoms with E-state index >= 15 is 0 Å². The van der Waals surface area contributed by atoms with Crippen molar-refractivity contribution in [2.24, 2.45) is 5.92 Å². The molecule has 1 aromatic rings. The topological polar surface area (TPSA) is 58.5 Å². The molecule has 1 aliphatic rings. The molecule has 1 saturated heterocycles. The highest BCUT2D eigenvalue weighted by Crippen LogP contribution is 2.37. The van der Waals surface area contributed by atoms with Gasteiger partial charge in [0.25, 0.3) is 8.32 Å².